The largest absolute Gasteiger partial charge is 0.497 e. The zero-order valence-corrected chi connectivity index (χ0v) is 23.7. The Balaban J connectivity index is 1.88. The van der Waals surface area contributed by atoms with Crippen LogP contribution in [0.4, 0.5) is 0 Å². The Hall–Kier alpha value is -4.38. The van der Waals surface area contributed by atoms with E-state index in [4.69, 9.17) is 18.9 Å². The molecule has 0 unspecified atom stereocenters. The van der Waals surface area contributed by atoms with Crippen molar-refractivity contribution in [3.63, 3.8) is 0 Å². The first kappa shape index (κ1) is 28.6. The molecule has 0 aliphatic carbocycles. The van der Waals surface area contributed by atoms with E-state index in [2.05, 4.69) is 9.73 Å². The molecular weight excluding hydrogens is 536 g/mol. The number of esters is 2. The number of fused-ring (bicyclic) bond motifs is 1. The van der Waals surface area contributed by atoms with Crippen LogP contribution in [0.1, 0.15) is 37.9 Å². The van der Waals surface area contributed by atoms with Gasteiger partial charge >= 0.3 is 11.9 Å². The van der Waals surface area contributed by atoms with Gasteiger partial charge in [-0.15, -0.1) is 0 Å². The van der Waals surface area contributed by atoms with Crippen molar-refractivity contribution in [3.05, 3.63) is 84.5 Å². The summed E-state index contributed by atoms with van der Waals surface area (Å²) in [5.74, 6) is 0.265. The van der Waals surface area contributed by atoms with Crippen molar-refractivity contribution >= 4 is 29.4 Å². The predicted molar refractivity (Wildman–Crippen MR) is 149 cm³/mol. The molecule has 0 amide bonds. The topological polar surface area (TPSA) is 115 Å². The van der Waals surface area contributed by atoms with Gasteiger partial charge < -0.3 is 23.7 Å². The highest BCUT2D eigenvalue weighted by molar-refractivity contribution is 7.07. The van der Waals surface area contributed by atoms with Gasteiger partial charge in [-0.05, 0) is 62.2 Å². The van der Waals surface area contributed by atoms with E-state index < -0.39 is 18.0 Å². The zero-order valence-electron chi connectivity index (χ0n) is 22.9. The van der Waals surface area contributed by atoms with E-state index in [1.165, 1.54) is 23.0 Å². The highest BCUT2D eigenvalue weighted by Crippen LogP contribution is 2.36. The molecule has 4 rings (SSSR count). The van der Waals surface area contributed by atoms with E-state index in [0.717, 1.165) is 5.56 Å². The molecule has 11 heteroatoms. The van der Waals surface area contributed by atoms with Gasteiger partial charge in [0.05, 0.1) is 49.3 Å². The van der Waals surface area contributed by atoms with Gasteiger partial charge in [0, 0.05) is 0 Å². The molecule has 1 aromatic heterocycles. The van der Waals surface area contributed by atoms with E-state index in [0.29, 0.717) is 44.4 Å². The monoisotopic (exact) mass is 566 g/mol. The Bertz CT molecular complexity index is 1620. The third-order valence-electron chi connectivity index (χ3n) is 6.09. The smallest absolute Gasteiger partial charge is 0.343 e. The lowest BCUT2D eigenvalue weighted by atomic mass is 9.95. The van der Waals surface area contributed by atoms with E-state index in [-0.39, 0.29) is 24.3 Å². The number of nitrogens with zero attached hydrogens (tertiary/aromatic N) is 2. The molecule has 0 saturated heterocycles. The van der Waals surface area contributed by atoms with Crippen molar-refractivity contribution in [3.8, 4) is 17.2 Å². The molecule has 40 heavy (non-hydrogen) atoms. The second-order valence-corrected chi connectivity index (χ2v) is 9.59. The minimum absolute atomic E-state index is 0.161. The molecule has 1 aliphatic heterocycles. The maximum atomic E-state index is 13.8. The number of ether oxygens (including phenoxy) is 5. The van der Waals surface area contributed by atoms with Gasteiger partial charge in [-0.1, -0.05) is 29.5 Å². The van der Waals surface area contributed by atoms with Crippen LogP contribution in [0.3, 0.4) is 0 Å². The number of thiazole rings is 1. The zero-order chi connectivity index (χ0) is 28.8. The molecule has 2 aromatic carbocycles. The number of hydrogen-bond acceptors (Lipinski definition) is 10. The number of allylic oxidation sites excluding steroid dienone is 1. The summed E-state index contributed by atoms with van der Waals surface area (Å²) < 4.78 is 28.6. The Kier molecular flexibility index (Phi) is 9.05. The third kappa shape index (κ3) is 5.94. The number of benzene rings is 2. The molecule has 0 radical (unpaired) electrons. The Morgan fingerprint density at radius 1 is 1.02 bits per heavy atom. The van der Waals surface area contributed by atoms with Crippen LogP contribution in [0.5, 0.6) is 17.2 Å². The number of aromatic nitrogens is 1. The number of carbonyl (C=O) groups excluding carboxylic acids is 2. The van der Waals surface area contributed by atoms with Gasteiger partial charge in [0.15, 0.2) is 22.9 Å². The average molecular weight is 567 g/mol. The molecule has 2 heterocycles. The van der Waals surface area contributed by atoms with Gasteiger partial charge in [0.1, 0.15) is 5.75 Å². The predicted octanol–water partition coefficient (Wildman–Crippen LogP) is 2.76. The minimum Gasteiger partial charge on any atom is -0.497 e. The second kappa shape index (κ2) is 12.6. The standard InChI is InChI=1S/C29H30N2O8S/c1-6-37-22-15-19(10-13-21(22)39-16-24(32)36-5)26-25(28(34)38-7-2)17(3)30-29-31(26)27(33)23(40-29)14-18-8-11-20(35-4)12-9-18/h8-15,26H,6-7,16H2,1-5H3/b23-14-/t26-/m0/s1. The number of carbonyl (C=O) groups is 2. The molecule has 3 aromatic rings. The van der Waals surface area contributed by atoms with Crippen LogP contribution < -0.4 is 29.1 Å². The molecule has 1 atom stereocenters. The van der Waals surface area contributed by atoms with Crippen LogP contribution in [0, 0.1) is 0 Å². The Morgan fingerprint density at radius 3 is 2.42 bits per heavy atom. The van der Waals surface area contributed by atoms with E-state index in [1.54, 1.807) is 45.2 Å². The number of hydrogen-bond donors (Lipinski definition) is 0. The number of methoxy groups -OCH3 is 2. The van der Waals surface area contributed by atoms with E-state index in [1.807, 2.05) is 31.2 Å². The van der Waals surface area contributed by atoms with Crippen LogP contribution in [-0.2, 0) is 19.1 Å². The summed E-state index contributed by atoms with van der Waals surface area (Å²) in [6, 6.07) is 11.5. The molecule has 0 saturated carbocycles. The van der Waals surface area contributed by atoms with Gasteiger partial charge in [-0.3, -0.25) is 9.36 Å². The summed E-state index contributed by atoms with van der Waals surface area (Å²) in [4.78, 5) is 43.7. The molecule has 0 N–H and O–H groups in total. The van der Waals surface area contributed by atoms with Crippen molar-refractivity contribution in [2.24, 2.45) is 4.99 Å². The van der Waals surface area contributed by atoms with Crippen molar-refractivity contribution < 1.29 is 33.3 Å². The molecule has 0 bridgehead atoms. The summed E-state index contributed by atoms with van der Waals surface area (Å²) in [5.41, 5.74) is 1.79. The molecule has 1 aliphatic rings. The average Bonchev–Trinajstić information content (AvgIpc) is 3.25. The lowest BCUT2D eigenvalue weighted by Crippen LogP contribution is -2.40. The molecular formula is C29H30N2O8S. The summed E-state index contributed by atoms with van der Waals surface area (Å²) in [6.45, 7) is 5.43. The normalized spacial score (nSPS) is 14.7. The molecule has 210 valence electrons. The lowest BCUT2D eigenvalue weighted by molar-refractivity contribution is -0.143. The van der Waals surface area contributed by atoms with Crippen LogP contribution >= 0.6 is 11.3 Å². The first-order chi connectivity index (χ1) is 19.3. The van der Waals surface area contributed by atoms with Crippen LogP contribution in [0.15, 0.2) is 63.5 Å². The fourth-order valence-corrected chi connectivity index (χ4v) is 5.28. The summed E-state index contributed by atoms with van der Waals surface area (Å²) in [7, 11) is 2.86. The van der Waals surface area contributed by atoms with Crippen molar-refractivity contribution in [2.45, 2.75) is 26.8 Å². The second-order valence-electron chi connectivity index (χ2n) is 8.58. The van der Waals surface area contributed by atoms with E-state index in [9.17, 15) is 14.4 Å². The van der Waals surface area contributed by atoms with Crippen molar-refractivity contribution in [1.82, 2.24) is 4.57 Å². The van der Waals surface area contributed by atoms with Gasteiger partial charge in [0.2, 0.25) is 0 Å². The van der Waals surface area contributed by atoms with Gasteiger partial charge in [-0.2, -0.15) is 0 Å². The van der Waals surface area contributed by atoms with Crippen molar-refractivity contribution in [1.29, 1.82) is 0 Å². The fraction of sp³-hybridized carbons (Fsp3) is 0.310. The lowest BCUT2D eigenvalue weighted by Gasteiger charge is -2.25. The van der Waals surface area contributed by atoms with E-state index >= 15 is 0 Å². The molecule has 0 spiro atoms. The maximum Gasteiger partial charge on any atom is 0.343 e. The first-order valence-electron chi connectivity index (χ1n) is 12.6. The van der Waals surface area contributed by atoms with Crippen LogP contribution in [0.2, 0.25) is 0 Å². The third-order valence-corrected chi connectivity index (χ3v) is 7.07. The maximum absolute atomic E-state index is 13.8. The summed E-state index contributed by atoms with van der Waals surface area (Å²) >= 11 is 1.23. The highest BCUT2D eigenvalue weighted by atomic mass is 32.1. The van der Waals surface area contributed by atoms with Crippen LogP contribution in [-0.4, -0.2) is 50.5 Å². The number of rotatable bonds is 10. The summed E-state index contributed by atoms with van der Waals surface area (Å²) in [5, 5.41) is 0. The quantitative estimate of drug-likeness (QED) is 0.344. The molecule has 10 nitrogen and oxygen atoms in total. The van der Waals surface area contributed by atoms with Crippen molar-refractivity contribution in [2.75, 3.05) is 34.0 Å². The Morgan fingerprint density at radius 2 is 1.77 bits per heavy atom. The fourth-order valence-electron chi connectivity index (χ4n) is 4.24. The highest BCUT2D eigenvalue weighted by Gasteiger charge is 2.34. The molecule has 0 fully saturated rings. The minimum atomic E-state index is -0.831. The Labute approximate surface area is 234 Å². The van der Waals surface area contributed by atoms with Gasteiger partial charge in [-0.25, -0.2) is 14.6 Å². The van der Waals surface area contributed by atoms with Gasteiger partial charge in [0.25, 0.3) is 5.56 Å². The summed E-state index contributed by atoms with van der Waals surface area (Å²) in [6.07, 6.45) is 1.78. The first-order valence-corrected chi connectivity index (χ1v) is 13.4. The van der Waals surface area contributed by atoms with Crippen LogP contribution in [0.25, 0.3) is 6.08 Å². The SMILES string of the molecule is CCOC(=O)C1=C(C)N=c2s/c(=C\c3ccc(OC)cc3)c(=O)n2[C@H]1c1ccc(OCC(=O)OC)c(OCC)c1.